The summed E-state index contributed by atoms with van der Waals surface area (Å²) in [7, 11) is 0. The molecule has 1 saturated carbocycles. The van der Waals surface area contributed by atoms with Crippen molar-refractivity contribution in [3.63, 3.8) is 0 Å². The van der Waals surface area contributed by atoms with E-state index >= 15 is 0 Å². The molecule has 0 aromatic carbocycles. The molecule has 2 nitrogen and oxygen atoms in total. The zero-order chi connectivity index (χ0) is 10.1. The Morgan fingerprint density at radius 1 is 1.50 bits per heavy atom. The van der Waals surface area contributed by atoms with Crippen LogP contribution in [0, 0.1) is 11.7 Å². The van der Waals surface area contributed by atoms with E-state index in [2.05, 4.69) is 4.98 Å². The predicted octanol–water partition coefficient (Wildman–Crippen LogP) is 2.10. The van der Waals surface area contributed by atoms with Gasteiger partial charge in [-0.15, -0.1) is 0 Å². The van der Waals surface area contributed by atoms with Gasteiger partial charge in [-0.3, -0.25) is 4.98 Å². The fourth-order valence-corrected chi connectivity index (χ4v) is 2.27. The summed E-state index contributed by atoms with van der Waals surface area (Å²) < 4.78 is 13.4. The normalized spacial score (nSPS) is 32.1. The minimum atomic E-state index is -0.285. The lowest BCUT2D eigenvalue weighted by atomic mass is 9.90. The lowest BCUT2D eigenvalue weighted by Gasteiger charge is -2.17. The van der Waals surface area contributed by atoms with E-state index in [0.717, 1.165) is 12.8 Å². The minimum absolute atomic E-state index is 0.145. The maximum atomic E-state index is 13.4. The van der Waals surface area contributed by atoms with Crippen LogP contribution in [0.1, 0.15) is 31.2 Å². The Morgan fingerprint density at radius 2 is 2.29 bits per heavy atom. The average Bonchev–Trinajstić information content (AvgIpc) is 2.49. The fourth-order valence-electron chi connectivity index (χ4n) is 2.27. The minimum Gasteiger partial charge on any atom is -0.393 e. The second-order valence-electron chi connectivity index (χ2n) is 4.01. The number of nitrogens with zero attached hydrogens (tertiary/aromatic N) is 1. The van der Waals surface area contributed by atoms with E-state index in [9.17, 15) is 9.50 Å². The molecule has 0 spiro atoms. The molecule has 1 aliphatic carbocycles. The predicted molar refractivity (Wildman–Crippen MR) is 51.3 cm³/mol. The van der Waals surface area contributed by atoms with Crippen LogP contribution in [0.25, 0.3) is 0 Å². The summed E-state index contributed by atoms with van der Waals surface area (Å²) >= 11 is 0. The number of aliphatic hydroxyl groups is 1. The van der Waals surface area contributed by atoms with Gasteiger partial charge in [-0.25, -0.2) is 4.39 Å². The Bertz CT molecular complexity index is 329. The summed E-state index contributed by atoms with van der Waals surface area (Å²) in [6.45, 7) is 1.97. The molecule has 3 unspecified atom stereocenters. The third-order valence-electron chi connectivity index (χ3n) is 3.22. The van der Waals surface area contributed by atoms with E-state index in [4.69, 9.17) is 0 Å². The number of hydrogen-bond donors (Lipinski definition) is 1. The highest BCUT2D eigenvalue weighted by Crippen LogP contribution is 2.39. The lowest BCUT2D eigenvalue weighted by molar-refractivity contribution is 0.136. The standard InChI is InChI=1S/C11H14FNO/c1-7-8(2-3-11(7)14)9-4-5-13-6-10(9)12/h4-8,11,14H,2-3H2,1H3. The van der Waals surface area contributed by atoms with Crippen molar-refractivity contribution in [2.75, 3.05) is 0 Å². The Hall–Kier alpha value is -0.960. The van der Waals surface area contributed by atoms with Crippen LogP contribution in [-0.2, 0) is 0 Å². The number of rotatable bonds is 1. The van der Waals surface area contributed by atoms with Gasteiger partial charge in [0.25, 0.3) is 0 Å². The molecule has 1 heterocycles. The first-order valence-electron chi connectivity index (χ1n) is 4.97. The highest BCUT2D eigenvalue weighted by molar-refractivity contribution is 5.20. The van der Waals surface area contributed by atoms with Crippen LogP contribution in [-0.4, -0.2) is 16.2 Å². The van der Waals surface area contributed by atoms with Crippen LogP contribution < -0.4 is 0 Å². The van der Waals surface area contributed by atoms with E-state index < -0.39 is 0 Å². The van der Waals surface area contributed by atoms with Crippen LogP contribution >= 0.6 is 0 Å². The Balaban J connectivity index is 2.28. The van der Waals surface area contributed by atoms with Crippen molar-refractivity contribution >= 4 is 0 Å². The first-order valence-corrected chi connectivity index (χ1v) is 4.97. The van der Waals surface area contributed by atoms with Gasteiger partial charge < -0.3 is 5.11 Å². The molecular weight excluding hydrogens is 181 g/mol. The van der Waals surface area contributed by atoms with Crippen LogP contribution in [0.2, 0.25) is 0 Å². The van der Waals surface area contributed by atoms with Crippen molar-refractivity contribution in [2.45, 2.75) is 31.8 Å². The number of aromatic nitrogens is 1. The Morgan fingerprint density at radius 3 is 2.86 bits per heavy atom. The molecule has 0 radical (unpaired) electrons. The van der Waals surface area contributed by atoms with Gasteiger partial charge in [0, 0.05) is 6.20 Å². The van der Waals surface area contributed by atoms with Gasteiger partial charge in [-0.1, -0.05) is 6.92 Å². The molecule has 1 aromatic rings. The molecule has 1 fully saturated rings. The van der Waals surface area contributed by atoms with Crippen molar-refractivity contribution < 1.29 is 9.50 Å². The zero-order valence-electron chi connectivity index (χ0n) is 8.15. The summed E-state index contributed by atoms with van der Waals surface area (Å²) in [5.41, 5.74) is 0.698. The highest BCUT2D eigenvalue weighted by Gasteiger charge is 2.33. The van der Waals surface area contributed by atoms with Crippen LogP contribution in [0.5, 0.6) is 0 Å². The van der Waals surface area contributed by atoms with E-state index in [1.165, 1.54) is 6.20 Å². The average molecular weight is 195 g/mol. The van der Waals surface area contributed by atoms with Gasteiger partial charge in [0.1, 0.15) is 5.82 Å². The molecule has 0 saturated heterocycles. The second-order valence-corrected chi connectivity index (χ2v) is 4.01. The summed E-state index contributed by atoms with van der Waals surface area (Å²) in [6, 6.07) is 1.72. The van der Waals surface area contributed by atoms with Gasteiger partial charge in [0.15, 0.2) is 0 Å². The molecular formula is C11H14FNO. The molecule has 2 rings (SSSR count). The van der Waals surface area contributed by atoms with Gasteiger partial charge in [0.2, 0.25) is 0 Å². The molecule has 0 amide bonds. The molecule has 1 N–H and O–H groups in total. The third-order valence-corrected chi connectivity index (χ3v) is 3.22. The maximum absolute atomic E-state index is 13.4. The first-order chi connectivity index (χ1) is 6.70. The Labute approximate surface area is 82.8 Å². The molecule has 1 aromatic heterocycles. The van der Waals surface area contributed by atoms with E-state index in [-0.39, 0.29) is 23.8 Å². The van der Waals surface area contributed by atoms with E-state index in [1.54, 1.807) is 12.3 Å². The number of halogens is 1. The highest BCUT2D eigenvalue weighted by atomic mass is 19.1. The SMILES string of the molecule is CC1C(O)CCC1c1ccncc1F. The van der Waals surface area contributed by atoms with Crippen molar-refractivity contribution in [1.82, 2.24) is 4.98 Å². The third kappa shape index (κ3) is 1.52. The molecule has 0 bridgehead atoms. The topological polar surface area (TPSA) is 33.1 Å². The summed E-state index contributed by atoms with van der Waals surface area (Å²) in [6.07, 6.45) is 4.20. The van der Waals surface area contributed by atoms with Gasteiger partial charge in [-0.2, -0.15) is 0 Å². The van der Waals surface area contributed by atoms with Crippen molar-refractivity contribution in [3.05, 3.63) is 29.8 Å². The quantitative estimate of drug-likeness (QED) is 0.744. The largest absolute Gasteiger partial charge is 0.393 e. The van der Waals surface area contributed by atoms with E-state index in [1.807, 2.05) is 6.92 Å². The van der Waals surface area contributed by atoms with Crippen molar-refractivity contribution in [2.24, 2.45) is 5.92 Å². The molecule has 0 aliphatic heterocycles. The van der Waals surface area contributed by atoms with Crippen molar-refractivity contribution in [1.29, 1.82) is 0 Å². The maximum Gasteiger partial charge on any atom is 0.144 e. The first kappa shape index (κ1) is 9.59. The number of hydrogen-bond acceptors (Lipinski definition) is 2. The van der Waals surface area contributed by atoms with Crippen LogP contribution in [0.3, 0.4) is 0 Å². The fraction of sp³-hybridized carbons (Fsp3) is 0.545. The second kappa shape index (κ2) is 3.65. The summed E-state index contributed by atoms with van der Waals surface area (Å²) in [4.78, 5) is 3.72. The smallest absolute Gasteiger partial charge is 0.144 e. The molecule has 3 heteroatoms. The summed E-state index contributed by atoms with van der Waals surface area (Å²) in [5.74, 6) is 0.0401. The Kier molecular flexibility index (Phi) is 2.50. The van der Waals surface area contributed by atoms with Crippen LogP contribution in [0.4, 0.5) is 4.39 Å². The number of pyridine rings is 1. The van der Waals surface area contributed by atoms with Gasteiger partial charge in [-0.05, 0) is 36.3 Å². The van der Waals surface area contributed by atoms with Crippen LogP contribution in [0.15, 0.2) is 18.5 Å². The summed E-state index contributed by atoms with van der Waals surface area (Å²) in [5, 5.41) is 9.58. The molecule has 1 aliphatic rings. The number of aliphatic hydroxyl groups excluding tert-OH is 1. The molecule has 14 heavy (non-hydrogen) atoms. The zero-order valence-corrected chi connectivity index (χ0v) is 8.15. The lowest BCUT2D eigenvalue weighted by Crippen LogP contribution is -2.14. The van der Waals surface area contributed by atoms with Gasteiger partial charge in [0.05, 0.1) is 12.3 Å². The van der Waals surface area contributed by atoms with Crippen molar-refractivity contribution in [3.8, 4) is 0 Å². The molecule has 3 atom stereocenters. The van der Waals surface area contributed by atoms with E-state index in [0.29, 0.717) is 5.56 Å². The molecule has 76 valence electrons. The monoisotopic (exact) mass is 195 g/mol. The van der Waals surface area contributed by atoms with Gasteiger partial charge >= 0.3 is 0 Å².